The summed E-state index contributed by atoms with van der Waals surface area (Å²) in [6, 6.07) is 7.84. The Morgan fingerprint density at radius 2 is 2.09 bits per heavy atom. The average molecular weight is 308 g/mol. The van der Waals surface area contributed by atoms with E-state index in [1.165, 1.54) is 31.4 Å². The molecule has 1 unspecified atom stereocenters. The van der Waals surface area contributed by atoms with Crippen molar-refractivity contribution in [1.29, 1.82) is 0 Å². The van der Waals surface area contributed by atoms with Crippen LogP contribution in [0.25, 0.3) is 0 Å². The molecule has 0 aromatic heterocycles. The van der Waals surface area contributed by atoms with Gasteiger partial charge in [0.25, 0.3) is 0 Å². The van der Waals surface area contributed by atoms with Crippen molar-refractivity contribution < 1.29 is 15.0 Å². The number of carboxylic acids is 1. The van der Waals surface area contributed by atoms with Gasteiger partial charge in [0, 0.05) is 12.0 Å². The summed E-state index contributed by atoms with van der Waals surface area (Å²) in [6.07, 6.45) is 4.95. The summed E-state index contributed by atoms with van der Waals surface area (Å²) in [5, 5.41) is 17.3. The third-order valence-corrected chi connectivity index (χ3v) is 4.33. The third kappa shape index (κ3) is 5.31. The van der Waals surface area contributed by atoms with Crippen molar-refractivity contribution in [3.63, 3.8) is 0 Å². The van der Waals surface area contributed by atoms with Crippen LogP contribution < -0.4 is 5.73 Å². The number of aromatic hydroxyl groups is 1. The maximum Gasteiger partial charge on any atom is 0.317 e. The second-order valence-corrected chi connectivity index (χ2v) is 5.98. The van der Waals surface area contributed by atoms with Crippen LogP contribution in [-0.4, -0.2) is 47.8 Å². The van der Waals surface area contributed by atoms with Crippen molar-refractivity contribution in [2.24, 2.45) is 5.73 Å². The second kappa shape index (κ2) is 8.76. The van der Waals surface area contributed by atoms with E-state index < -0.39 is 5.97 Å². The topological polar surface area (TPSA) is 86.8 Å². The van der Waals surface area contributed by atoms with Crippen molar-refractivity contribution in [2.75, 3.05) is 26.7 Å². The van der Waals surface area contributed by atoms with Crippen LogP contribution in [0.4, 0.5) is 0 Å². The fourth-order valence-electron chi connectivity index (χ4n) is 3.08. The van der Waals surface area contributed by atoms with Gasteiger partial charge in [-0.15, -0.1) is 0 Å². The number of nitrogens with two attached hydrogens (primary N) is 1. The summed E-state index contributed by atoms with van der Waals surface area (Å²) in [6.45, 7) is 4.29. The molecular formula is C17H28N2O3. The Bertz CT molecular complexity index is 479. The first kappa shape index (κ1) is 18.5. The number of nitrogens with zero attached hydrogens (tertiary/aromatic N) is 1. The molecule has 0 saturated carbocycles. The largest absolute Gasteiger partial charge is 0.508 e. The first-order valence-electron chi connectivity index (χ1n) is 7.83. The smallest absolute Gasteiger partial charge is 0.317 e. The Labute approximate surface area is 132 Å². The number of phenols is 1. The summed E-state index contributed by atoms with van der Waals surface area (Å²) in [7, 11) is 2.21. The van der Waals surface area contributed by atoms with Gasteiger partial charge in [-0.2, -0.15) is 0 Å². The molecule has 1 aromatic rings. The zero-order chi connectivity index (χ0) is 16.6. The van der Waals surface area contributed by atoms with E-state index in [1.807, 2.05) is 12.1 Å². The molecule has 0 amide bonds. The minimum atomic E-state index is -0.968. The normalized spacial score (nSPS) is 22.3. The molecule has 1 aliphatic heterocycles. The van der Waals surface area contributed by atoms with Gasteiger partial charge in [-0.3, -0.25) is 4.79 Å². The molecule has 5 nitrogen and oxygen atoms in total. The summed E-state index contributed by atoms with van der Waals surface area (Å²) in [5.41, 5.74) is 6.10. The summed E-state index contributed by atoms with van der Waals surface area (Å²) in [5.74, 6) is -0.577. The first-order valence-corrected chi connectivity index (χ1v) is 7.83. The number of rotatable bonds is 3. The lowest BCUT2D eigenvalue weighted by atomic mass is 9.74. The van der Waals surface area contributed by atoms with Crippen LogP contribution in [-0.2, 0) is 10.2 Å². The van der Waals surface area contributed by atoms with Gasteiger partial charge in [0.1, 0.15) is 5.75 Å². The van der Waals surface area contributed by atoms with E-state index in [4.69, 9.17) is 5.11 Å². The molecular weight excluding hydrogens is 280 g/mol. The number of likely N-dealkylation sites (tertiary alicyclic amines) is 1. The highest BCUT2D eigenvalue weighted by Gasteiger charge is 2.33. The van der Waals surface area contributed by atoms with Gasteiger partial charge in [-0.25, -0.2) is 0 Å². The number of benzene rings is 1. The molecule has 1 aromatic carbocycles. The molecule has 124 valence electrons. The van der Waals surface area contributed by atoms with Gasteiger partial charge in [0.2, 0.25) is 0 Å². The highest BCUT2D eigenvalue weighted by molar-refractivity contribution is 5.68. The summed E-state index contributed by atoms with van der Waals surface area (Å²) in [4.78, 5) is 11.7. The van der Waals surface area contributed by atoms with Crippen molar-refractivity contribution in [1.82, 2.24) is 4.90 Å². The minimum Gasteiger partial charge on any atom is -0.508 e. The van der Waals surface area contributed by atoms with E-state index in [2.05, 4.69) is 30.7 Å². The summed E-state index contributed by atoms with van der Waals surface area (Å²) >= 11 is 0. The molecule has 4 N–H and O–H groups in total. The van der Waals surface area contributed by atoms with E-state index in [0.29, 0.717) is 5.75 Å². The van der Waals surface area contributed by atoms with Gasteiger partial charge in [0.05, 0.1) is 6.54 Å². The van der Waals surface area contributed by atoms with Gasteiger partial charge in [0.15, 0.2) is 0 Å². The minimum absolute atomic E-state index is 0.226. The highest BCUT2D eigenvalue weighted by Crippen LogP contribution is 2.37. The fourth-order valence-corrected chi connectivity index (χ4v) is 3.08. The molecule has 1 heterocycles. The van der Waals surface area contributed by atoms with Crippen LogP contribution in [0.3, 0.4) is 0 Å². The van der Waals surface area contributed by atoms with Crippen LogP contribution >= 0.6 is 0 Å². The van der Waals surface area contributed by atoms with E-state index in [-0.39, 0.29) is 12.0 Å². The lowest BCUT2D eigenvalue weighted by Gasteiger charge is -2.35. The number of carboxylic acid groups (broad SMARTS) is 1. The first-order chi connectivity index (χ1) is 10.4. The van der Waals surface area contributed by atoms with Crippen molar-refractivity contribution >= 4 is 5.97 Å². The van der Waals surface area contributed by atoms with Crippen LogP contribution in [0, 0.1) is 0 Å². The molecule has 0 radical (unpaired) electrons. The molecule has 0 aliphatic carbocycles. The predicted molar refractivity (Wildman–Crippen MR) is 88.1 cm³/mol. The lowest BCUT2D eigenvalue weighted by Crippen LogP contribution is -2.37. The molecule has 0 spiro atoms. The number of hydrogen-bond donors (Lipinski definition) is 3. The van der Waals surface area contributed by atoms with Crippen molar-refractivity contribution in [3.05, 3.63) is 29.8 Å². The number of carbonyl (C=O) groups is 1. The van der Waals surface area contributed by atoms with Crippen LogP contribution in [0.1, 0.15) is 38.2 Å². The van der Waals surface area contributed by atoms with Gasteiger partial charge < -0.3 is 20.8 Å². The molecule has 22 heavy (non-hydrogen) atoms. The predicted octanol–water partition coefficient (Wildman–Crippen LogP) is 2.19. The fraction of sp³-hybridized carbons (Fsp3) is 0.588. The summed E-state index contributed by atoms with van der Waals surface area (Å²) < 4.78 is 0. The molecule has 1 atom stereocenters. The number of hydrogen-bond acceptors (Lipinski definition) is 4. The standard InChI is InChI=1S/C15H23NO.C2H5NO2/c1-3-15(9-4-5-10-16(2)12-15)13-7-6-8-14(17)11-13;3-1-2(4)5/h6-8,11,17H,3-5,9-10,12H2,1-2H3;1,3H2,(H,4,5). The monoisotopic (exact) mass is 308 g/mol. The molecule has 1 aliphatic rings. The average Bonchev–Trinajstić information content (AvgIpc) is 2.70. The Hall–Kier alpha value is -1.59. The van der Waals surface area contributed by atoms with Crippen molar-refractivity contribution in [3.8, 4) is 5.75 Å². The maximum absolute atomic E-state index is 9.68. The van der Waals surface area contributed by atoms with E-state index in [1.54, 1.807) is 6.07 Å². The zero-order valence-corrected chi connectivity index (χ0v) is 13.6. The van der Waals surface area contributed by atoms with Gasteiger partial charge in [-0.1, -0.05) is 25.5 Å². The SMILES string of the molecule is CCC1(c2cccc(O)c2)CCCCN(C)C1.NCC(=O)O. The van der Waals surface area contributed by atoms with Gasteiger partial charge in [-0.05, 0) is 50.6 Å². The van der Waals surface area contributed by atoms with E-state index >= 15 is 0 Å². The van der Waals surface area contributed by atoms with E-state index in [9.17, 15) is 9.90 Å². The highest BCUT2D eigenvalue weighted by atomic mass is 16.4. The van der Waals surface area contributed by atoms with E-state index in [0.717, 1.165) is 13.0 Å². The Morgan fingerprint density at radius 3 is 2.64 bits per heavy atom. The second-order valence-electron chi connectivity index (χ2n) is 5.98. The molecule has 2 rings (SSSR count). The third-order valence-electron chi connectivity index (χ3n) is 4.33. The number of aliphatic carboxylic acids is 1. The zero-order valence-electron chi connectivity index (χ0n) is 13.6. The molecule has 1 saturated heterocycles. The molecule has 0 bridgehead atoms. The number of likely N-dealkylation sites (N-methyl/N-ethyl adjacent to an activating group) is 1. The van der Waals surface area contributed by atoms with Crippen LogP contribution in [0.2, 0.25) is 0 Å². The van der Waals surface area contributed by atoms with Crippen LogP contribution in [0.5, 0.6) is 5.75 Å². The van der Waals surface area contributed by atoms with Crippen LogP contribution in [0.15, 0.2) is 24.3 Å². The lowest BCUT2D eigenvalue weighted by molar-refractivity contribution is -0.135. The Balaban J connectivity index is 0.000000422. The molecule has 5 heteroatoms. The van der Waals surface area contributed by atoms with Gasteiger partial charge >= 0.3 is 5.97 Å². The quantitative estimate of drug-likeness (QED) is 0.797. The Morgan fingerprint density at radius 1 is 1.41 bits per heavy atom. The molecule has 1 fully saturated rings. The van der Waals surface area contributed by atoms with Crippen molar-refractivity contribution in [2.45, 2.75) is 38.0 Å². The maximum atomic E-state index is 9.68. The number of phenolic OH excluding ortho intramolecular Hbond substituents is 1. The Kier molecular flexibility index (Phi) is 7.35.